The van der Waals surface area contributed by atoms with Crippen LogP contribution in [0.5, 0.6) is 11.5 Å². The molecular formula is C28H34ClO2P. The Balaban J connectivity index is 2.27. The van der Waals surface area contributed by atoms with Gasteiger partial charge in [0.25, 0.3) is 0 Å². The predicted molar refractivity (Wildman–Crippen MR) is 140 cm³/mol. The Hall–Kier alpha value is -2.02. The SMILES string of the molecule is CCCCc1cc(C)cc(P(c2cccc(Cl)c2)c2cc(C)cc(CCCC)c2O)c1O. The molecule has 0 spiro atoms. The van der Waals surface area contributed by atoms with Gasteiger partial charge < -0.3 is 10.2 Å². The van der Waals surface area contributed by atoms with Crippen LogP contribution >= 0.6 is 19.5 Å². The maximum atomic E-state index is 11.4. The summed E-state index contributed by atoms with van der Waals surface area (Å²) in [6.45, 7) is 8.48. The van der Waals surface area contributed by atoms with Gasteiger partial charge in [-0.05, 0) is 99.3 Å². The molecule has 0 saturated heterocycles. The molecule has 0 bridgehead atoms. The Morgan fingerprint density at radius 2 is 1.25 bits per heavy atom. The van der Waals surface area contributed by atoms with Gasteiger partial charge >= 0.3 is 0 Å². The highest BCUT2D eigenvalue weighted by molar-refractivity contribution is 7.80. The second kappa shape index (κ2) is 11.2. The summed E-state index contributed by atoms with van der Waals surface area (Å²) in [5, 5.41) is 26.2. The average molecular weight is 469 g/mol. The molecule has 0 atom stereocenters. The average Bonchev–Trinajstić information content (AvgIpc) is 2.76. The van der Waals surface area contributed by atoms with Crippen LogP contribution in [0.15, 0.2) is 48.5 Å². The van der Waals surface area contributed by atoms with Crippen molar-refractivity contribution >= 4 is 35.4 Å². The molecule has 0 amide bonds. The smallest absolute Gasteiger partial charge is 0.127 e. The van der Waals surface area contributed by atoms with Gasteiger partial charge in [-0.25, -0.2) is 0 Å². The van der Waals surface area contributed by atoms with Gasteiger partial charge in [-0.1, -0.05) is 62.6 Å². The van der Waals surface area contributed by atoms with Crippen LogP contribution in [0.2, 0.25) is 5.02 Å². The number of unbranched alkanes of at least 4 members (excludes halogenated alkanes) is 2. The highest BCUT2D eigenvalue weighted by Gasteiger charge is 2.26. The van der Waals surface area contributed by atoms with Crippen molar-refractivity contribution in [3.63, 3.8) is 0 Å². The molecule has 0 aliphatic rings. The Labute approximate surface area is 199 Å². The van der Waals surface area contributed by atoms with Crippen LogP contribution in [0.4, 0.5) is 0 Å². The van der Waals surface area contributed by atoms with Crippen molar-refractivity contribution in [2.45, 2.75) is 66.2 Å². The van der Waals surface area contributed by atoms with Gasteiger partial charge in [-0.3, -0.25) is 0 Å². The summed E-state index contributed by atoms with van der Waals surface area (Å²) in [6.07, 6.45) is 5.90. The molecule has 0 radical (unpaired) electrons. The summed E-state index contributed by atoms with van der Waals surface area (Å²) < 4.78 is 0. The van der Waals surface area contributed by atoms with Crippen LogP contribution in [0, 0.1) is 13.8 Å². The number of benzene rings is 3. The maximum Gasteiger partial charge on any atom is 0.127 e. The predicted octanol–water partition coefficient (Wildman–Crippen LogP) is 6.81. The van der Waals surface area contributed by atoms with Crippen LogP contribution in [0.3, 0.4) is 0 Å². The molecule has 2 nitrogen and oxygen atoms in total. The molecule has 4 heteroatoms. The summed E-state index contributed by atoms with van der Waals surface area (Å²) >= 11 is 6.39. The third-order valence-corrected chi connectivity index (χ3v) is 8.45. The van der Waals surface area contributed by atoms with Crippen molar-refractivity contribution < 1.29 is 10.2 Å². The third-order valence-electron chi connectivity index (χ3n) is 5.77. The van der Waals surface area contributed by atoms with Crippen LogP contribution < -0.4 is 15.9 Å². The first-order chi connectivity index (χ1) is 15.3. The van der Waals surface area contributed by atoms with Gasteiger partial charge in [-0.2, -0.15) is 0 Å². The minimum Gasteiger partial charge on any atom is -0.507 e. The number of aryl methyl sites for hydroxylation is 4. The highest BCUT2D eigenvalue weighted by atomic mass is 35.5. The van der Waals surface area contributed by atoms with E-state index in [0.717, 1.165) is 76.7 Å². The van der Waals surface area contributed by atoms with E-state index >= 15 is 0 Å². The number of hydrogen-bond acceptors (Lipinski definition) is 2. The molecule has 0 aliphatic carbocycles. The van der Waals surface area contributed by atoms with E-state index in [1.807, 2.05) is 18.2 Å². The molecule has 3 aromatic carbocycles. The lowest BCUT2D eigenvalue weighted by Crippen LogP contribution is -2.23. The first kappa shape index (κ1) is 24.6. The fourth-order valence-corrected chi connectivity index (χ4v) is 7.11. The van der Waals surface area contributed by atoms with E-state index in [9.17, 15) is 10.2 Å². The van der Waals surface area contributed by atoms with Crippen molar-refractivity contribution in [2.75, 3.05) is 0 Å². The summed E-state index contributed by atoms with van der Waals surface area (Å²) in [7, 11) is -1.18. The van der Waals surface area contributed by atoms with E-state index in [2.05, 4.69) is 58.0 Å². The highest BCUT2D eigenvalue weighted by Crippen LogP contribution is 2.42. The van der Waals surface area contributed by atoms with Crippen molar-refractivity contribution in [3.8, 4) is 11.5 Å². The Morgan fingerprint density at radius 1 is 0.750 bits per heavy atom. The second-order valence-electron chi connectivity index (χ2n) is 8.61. The van der Waals surface area contributed by atoms with Crippen molar-refractivity contribution in [3.05, 3.63) is 75.8 Å². The van der Waals surface area contributed by atoms with Crippen LogP contribution in [-0.4, -0.2) is 10.2 Å². The second-order valence-corrected chi connectivity index (χ2v) is 11.2. The molecule has 170 valence electrons. The number of phenolic OH excluding ortho intramolecular Hbond substituents is 2. The van der Waals surface area contributed by atoms with Gasteiger partial charge in [0.15, 0.2) is 0 Å². The molecule has 0 aromatic heterocycles. The molecule has 3 rings (SSSR count). The van der Waals surface area contributed by atoms with Crippen molar-refractivity contribution in [1.29, 1.82) is 0 Å². The molecule has 0 saturated carbocycles. The van der Waals surface area contributed by atoms with Crippen LogP contribution in [-0.2, 0) is 12.8 Å². The zero-order valence-corrected chi connectivity index (χ0v) is 21.2. The standard InChI is InChI=1S/C28H34ClO2P/c1-5-7-10-21-14-19(3)16-25(27(21)30)32(24-13-9-12-23(29)18-24)26-17-20(4)15-22(28(26)31)11-8-6-2/h9,12-18,30-31H,5-8,10-11H2,1-4H3. The monoisotopic (exact) mass is 468 g/mol. The van der Waals surface area contributed by atoms with Crippen LogP contribution in [0.25, 0.3) is 0 Å². The molecule has 3 aromatic rings. The summed E-state index contributed by atoms with van der Waals surface area (Å²) in [5.41, 5.74) is 4.21. The summed E-state index contributed by atoms with van der Waals surface area (Å²) in [4.78, 5) is 0. The first-order valence-corrected chi connectivity index (χ1v) is 13.3. The van der Waals surface area contributed by atoms with Gasteiger partial charge in [0, 0.05) is 15.6 Å². The number of aromatic hydroxyl groups is 2. The maximum absolute atomic E-state index is 11.4. The van der Waals surface area contributed by atoms with Gasteiger partial charge in [0.1, 0.15) is 11.5 Å². The molecule has 0 fully saturated rings. The van der Waals surface area contributed by atoms with Gasteiger partial charge in [0.05, 0.1) is 0 Å². The fourth-order valence-electron chi connectivity index (χ4n) is 4.15. The molecule has 0 heterocycles. The fraction of sp³-hybridized carbons (Fsp3) is 0.357. The van der Waals surface area contributed by atoms with Crippen molar-refractivity contribution in [1.82, 2.24) is 0 Å². The molecule has 0 unspecified atom stereocenters. The third kappa shape index (κ3) is 5.66. The minimum absolute atomic E-state index is 0.353. The van der Waals surface area contributed by atoms with E-state index in [0.29, 0.717) is 16.5 Å². The lowest BCUT2D eigenvalue weighted by Gasteiger charge is -2.25. The number of halogens is 1. The zero-order chi connectivity index (χ0) is 23.3. The normalized spacial score (nSPS) is 11.3. The van der Waals surface area contributed by atoms with E-state index in [1.54, 1.807) is 0 Å². The van der Waals surface area contributed by atoms with E-state index in [-0.39, 0.29) is 0 Å². The van der Waals surface area contributed by atoms with E-state index < -0.39 is 7.92 Å². The molecule has 32 heavy (non-hydrogen) atoms. The Bertz CT molecular complexity index is 1010. The first-order valence-electron chi connectivity index (χ1n) is 11.6. The van der Waals surface area contributed by atoms with Crippen molar-refractivity contribution in [2.24, 2.45) is 0 Å². The Kier molecular flexibility index (Phi) is 8.63. The number of rotatable bonds is 9. The Morgan fingerprint density at radius 3 is 1.69 bits per heavy atom. The van der Waals surface area contributed by atoms with Crippen LogP contribution in [0.1, 0.15) is 61.8 Å². The summed E-state index contributed by atoms with van der Waals surface area (Å²) in [5.74, 6) is 0.706. The zero-order valence-electron chi connectivity index (χ0n) is 19.6. The molecule has 0 aliphatic heterocycles. The van der Waals surface area contributed by atoms with Gasteiger partial charge in [-0.15, -0.1) is 0 Å². The lowest BCUT2D eigenvalue weighted by molar-refractivity contribution is 0.470. The largest absolute Gasteiger partial charge is 0.507 e. The lowest BCUT2D eigenvalue weighted by atomic mass is 10.0. The van der Waals surface area contributed by atoms with E-state index in [4.69, 9.17) is 11.6 Å². The molecular weight excluding hydrogens is 435 g/mol. The topological polar surface area (TPSA) is 40.5 Å². The molecule has 2 N–H and O–H groups in total. The number of hydrogen-bond donors (Lipinski definition) is 2. The quantitative estimate of drug-likeness (QED) is 0.338. The summed E-state index contributed by atoms with van der Waals surface area (Å²) in [6, 6.07) is 16.2. The van der Waals surface area contributed by atoms with E-state index in [1.165, 1.54) is 0 Å². The van der Waals surface area contributed by atoms with Gasteiger partial charge in [0.2, 0.25) is 0 Å². The minimum atomic E-state index is -1.18. The number of phenols is 2.